The minimum Gasteiger partial charge on any atom is -0.191 e. The molecule has 0 radical (unpaired) electrons. The molecule has 4 rings (SSSR count). The van der Waals surface area contributed by atoms with Crippen LogP contribution < -0.4 is 9.13 Å². The van der Waals surface area contributed by atoms with Gasteiger partial charge < -0.3 is 0 Å². The van der Waals surface area contributed by atoms with E-state index in [9.17, 15) is 0 Å². The summed E-state index contributed by atoms with van der Waals surface area (Å²) in [6.07, 6.45) is 17.6. The van der Waals surface area contributed by atoms with Gasteiger partial charge in [0.1, 0.15) is 0 Å². The van der Waals surface area contributed by atoms with E-state index in [1.807, 2.05) is 0 Å². The van der Waals surface area contributed by atoms with Gasteiger partial charge >= 0.3 is 0 Å². The van der Waals surface area contributed by atoms with Crippen molar-refractivity contribution in [1.29, 1.82) is 0 Å². The van der Waals surface area contributed by atoms with Crippen LogP contribution in [0, 0.1) is 43.5 Å². The molecule has 0 saturated heterocycles. The summed E-state index contributed by atoms with van der Waals surface area (Å²) in [6, 6.07) is 19.0. The Morgan fingerprint density at radius 3 is 2.12 bits per heavy atom. The number of fused-ring (bicyclic) bond motifs is 2. The molecule has 0 aliphatic rings. The number of benzene rings is 2. The van der Waals surface area contributed by atoms with Crippen molar-refractivity contribution in [2.45, 2.75) is 39.3 Å². The fourth-order valence-electron chi connectivity index (χ4n) is 4.11. The Kier molecular flexibility index (Phi) is 6.51. The number of unbranched alkanes of at least 4 members (excludes halogenated alkanes) is 1. The predicted octanol–water partition coefficient (Wildman–Crippen LogP) is 4.71. The molecule has 0 fully saturated rings. The smallest absolute Gasteiger partial charge is 0.191 e. The van der Waals surface area contributed by atoms with E-state index < -0.39 is 0 Å². The largest absolute Gasteiger partial charge is 0.265 e. The molecule has 2 heterocycles. The van der Waals surface area contributed by atoms with Crippen molar-refractivity contribution in [2.75, 3.05) is 0 Å². The van der Waals surface area contributed by atoms with Crippen molar-refractivity contribution in [1.82, 2.24) is 0 Å². The zero-order valence-corrected chi connectivity index (χ0v) is 18.4. The summed E-state index contributed by atoms with van der Waals surface area (Å²) >= 11 is 0. The average Bonchev–Trinajstić information content (AvgIpc) is 2.83. The van der Waals surface area contributed by atoms with Crippen LogP contribution in [0.2, 0.25) is 0 Å². The van der Waals surface area contributed by atoms with Crippen molar-refractivity contribution in [3.63, 3.8) is 0 Å². The van der Waals surface area contributed by atoms with E-state index in [1.165, 1.54) is 16.3 Å². The maximum atomic E-state index is 5.57. The number of rotatable bonds is 5. The van der Waals surface area contributed by atoms with Gasteiger partial charge in [0.15, 0.2) is 25.5 Å². The standard InChI is InChI=1S/C30H26N2/c1-4-6-12-21-31-22-19-25-13-8-9-15-27(25)29(31)17-18-30-28-16-11-10-14-26(28)24(3)23-32(30)20-7-5-2/h1-2,8-11,13-16,19,22-23H,6-7,12,20-21H2,3H3/q+2. The molecule has 2 aromatic carbocycles. The number of aryl methyl sites for hydroxylation is 3. The molecule has 0 aliphatic carbocycles. The lowest BCUT2D eigenvalue weighted by molar-refractivity contribution is -0.698. The van der Waals surface area contributed by atoms with Gasteiger partial charge in [0.25, 0.3) is 11.4 Å². The number of terminal acetylenes is 2. The van der Waals surface area contributed by atoms with E-state index in [0.29, 0.717) is 6.42 Å². The number of hydrogen-bond donors (Lipinski definition) is 0. The third-order valence-electron chi connectivity index (χ3n) is 5.70. The molecular weight excluding hydrogens is 388 g/mol. The number of hydrogen-bond acceptors (Lipinski definition) is 0. The summed E-state index contributed by atoms with van der Waals surface area (Å²) in [7, 11) is 0. The molecule has 4 aromatic rings. The molecular formula is C30H26N2+2. The summed E-state index contributed by atoms with van der Waals surface area (Å²) < 4.78 is 4.41. The molecule has 2 heteroatoms. The van der Waals surface area contributed by atoms with Gasteiger partial charge in [-0.15, -0.1) is 24.7 Å². The van der Waals surface area contributed by atoms with Gasteiger partial charge in [-0.05, 0) is 29.8 Å². The lowest BCUT2D eigenvalue weighted by Gasteiger charge is -2.06. The third kappa shape index (κ3) is 4.34. The van der Waals surface area contributed by atoms with Crippen molar-refractivity contribution in [2.24, 2.45) is 0 Å². The summed E-state index contributed by atoms with van der Waals surface area (Å²) in [5.41, 5.74) is 3.22. The quantitative estimate of drug-likeness (QED) is 0.254. The first-order valence-electron chi connectivity index (χ1n) is 10.9. The third-order valence-corrected chi connectivity index (χ3v) is 5.70. The second kappa shape index (κ2) is 9.83. The highest BCUT2D eigenvalue weighted by Gasteiger charge is 2.17. The summed E-state index contributed by atoms with van der Waals surface area (Å²) in [5, 5.41) is 4.69. The van der Waals surface area contributed by atoms with Gasteiger partial charge in [0.2, 0.25) is 0 Å². The van der Waals surface area contributed by atoms with Crippen LogP contribution >= 0.6 is 0 Å². The second-order valence-corrected chi connectivity index (χ2v) is 7.86. The summed E-state index contributed by atoms with van der Waals surface area (Å²) in [6.45, 7) is 3.71. The van der Waals surface area contributed by atoms with E-state index in [4.69, 9.17) is 12.8 Å². The highest BCUT2D eigenvalue weighted by Crippen LogP contribution is 2.20. The Morgan fingerprint density at radius 1 is 0.719 bits per heavy atom. The molecule has 0 spiro atoms. The van der Waals surface area contributed by atoms with Gasteiger partial charge in [-0.25, -0.2) is 0 Å². The molecule has 0 aliphatic heterocycles. The maximum Gasteiger partial charge on any atom is 0.265 e. The fourth-order valence-corrected chi connectivity index (χ4v) is 4.11. The highest BCUT2D eigenvalue weighted by molar-refractivity contribution is 5.89. The fraction of sp³-hybridized carbons (Fsp3) is 0.200. The second-order valence-electron chi connectivity index (χ2n) is 7.86. The van der Waals surface area contributed by atoms with Crippen molar-refractivity contribution in [3.8, 4) is 36.5 Å². The molecule has 0 bridgehead atoms. The monoisotopic (exact) mass is 414 g/mol. The average molecular weight is 415 g/mol. The van der Waals surface area contributed by atoms with Crippen molar-refractivity contribution in [3.05, 3.63) is 83.9 Å². The molecule has 0 saturated carbocycles. The first-order valence-corrected chi connectivity index (χ1v) is 10.9. The van der Waals surface area contributed by atoms with E-state index in [2.05, 4.69) is 107 Å². The molecule has 0 atom stereocenters. The van der Waals surface area contributed by atoms with Crippen LogP contribution in [0.5, 0.6) is 0 Å². The minimum atomic E-state index is 0.664. The Morgan fingerprint density at radius 2 is 1.38 bits per heavy atom. The molecule has 0 unspecified atom stereocenters. The van der Waals surface area contributed by atoms with E-state index in [1.54, 1.807) is 0 Å². The number of nitrogens with zero attached hydrogens (tertiary/aromatic N) is 2. The summed E-state index contributed by atoms with van der Waals surface area (Å²) in [5.74, 6) is 12.5. The zero-order valence-electron chi connectivity index (χ0n) is 18.4. The first kappa shape index (κ1) is 21.2. The van der Waals surface area contributed by atoms with Crippen molar-refractivity contribution >= 4 is 21.5 Å². The Hall–Kier alpha value is -4.06. The lowest BCUT2D eigenvalue weighted by atomic mass is 10.0. The van der Waals surface area contributed by atoms with Gasteiger partial charge in [-0.2, -0.15) is 9.13 Å². The SMILES string of the molecule is C#CCCC[n+]1ccc2ccccc2c1C#Cc1c2ccccc2c(C)c[n+]1CCC#C. The Labute approximate surface area is 190 Å². The molecule has 32 heavy (non-hydrogen) atoms. The first-order chi connectivity index (χ1) is 15.7. The van der Waals surface area contributed by atoms with Gasteiger partial charge in [0.05, 0.1) is 17.2 Å². The van der Waals surface area contributed by atoms with E-state index in [-0.39, 0.29) is 0 Å². The Balaban J connectivity index is 1.91. The molecule has 0 N–H and O–H groups in total. The van der Waals surface area contributed by atoms with Crippen LogP contribution in [-0.4, -0.2) is 0 Å². The van der Waals surface area contributed by atoms with Gasteiger partial charge in [-0.3, -0.25) is 0 Å². The van der Waals surface area contributed by atoms with Crippen molar-refractivity contribution < 1.29 is 9.13 Å². The highest BCUT2D eigenvalue weighted by atomic mass is 15.0. The number of aromatic nitrogens is 2. The van der Waals surface area contributed by atoms with Gasteiger partial charge in [-0.1, -0.05) is 36.4 Å². The molecule has 0 amide bonds. The maximum absolute atomic E-state index is 5.57. The van der Waals surface area contributed by atoms with Crippen LogP contribution in [-0.2, 0) is 13.1 Å². The van der Waals surface area contributed by atoms with Crippen LogP contribution in [0.4, 0.5) is 0 Å². The van der Waals surface area contributed by atoms with E-state index >= 15 is 0 Å². The normalized spacial score (nSPS) is 10.3. The van der Waals surface area contributed by atoms with Gasteiger partial charge in [0, 0.05) is 36.3 Å². The molecule has 2 aromatic heterocycles. The molecule has 154 valence electrons. The van der Waals surface area contributed by atoms with Crippen LogP contribution in [0.1, 0.15) is 36.2 Å². The van der Waals surface area contributed by atoms with Crippen LogP contribution in [0.3, 0.4) is 0 Å². The van der Waals surface area contributed by atoms with E-state index in [0.717, 1.165) is 48.1 Å². The lowest BCUT2D eigenvalue weighted by Crippen LogP contribution is -2.38. The topological polar surface area (TPSA) is 7.76 Å². The number of pyridine rings is 2. The predicted molar refractivity (Wildman–Crippen MR) is 131 cm³/mol. The molecule has 2 nitrogen and oxygen atoms in total. The summed E-state index contributed by atoms with van der Waals surface area (Å²) in [4.78, 5) is 0. The minimum absolute atomic E-state index is 0.664. The Bertz CT molecular complexity index is 1440. The van der Waals surface area contributed by atoms with Crippen LogP contribution in [0.25, 0.3) is 21.5 Å². The zero-order chi connectivity index (χ0) is 22.3. The van der Waals surface area contributed by atoms with Crippen LogP contribution in [0.15, 0.2) is 67.0 Å².